The predicted molar refractivity (Wildman–Crippen MR) is 75.4 cm³/mol. The molecule has 1 amide bonds. The Bertz CT molecular complexity index is 622. The van der Waals surface area contributed by atoms with E-state index < -0.39 is 17.6 Å². The number of amides is 1. The lowest BCUT2D eigenvalue weighted by Crippen LogP contribution is -2.30. The molecule has 1 aromatic heterocycles. The van der Waals surface area contributed by atoms with Gasteiger partial charge in [-0.3, -0.25) is 9.59 Å². The Kier molecular flexibility index (Phi) is 4.68. The minimum Gasteiger partial charge on any atom is -0.388 e. The summed E-state index contributed by atoms with van der Waals surface area (Å²) < 4.78 is 0. The molecule has 1 heterocycles. The van der Waals surface area contributed by atoms with Gasteiger partial charge in [-0.05, 0) is 24.1 Å². The van der Waals surface area contributed by atoms with Crippen LogP contribution in [0.4, 0.5) is 0 Å². The Hall–Kier alpha value is -2.40. The number of hydrogen-bond acceptors (Lipinski definition) is 3. The molecule has 104 valence electrons. The molecule has 0 saturated carbocycles. The molecule has 0 radical (unpaired) electrons. The molecule has 0 fully saturated rings. The largest absolute Gasteiger partial charge is 0.388 e. The normalized spacial score (nSPS) is 11.8. The highest BCUT2D eigenvalue weighted by molar-refractivity contribution is 5.93. The van der Waals surface area contributed by atoms with E-state index in [0.717, 1.165) is 5.56 Å². The van der Waals surface area contributed by atoms with Crippen LogP contribution in [0.2, 0.25) is 0 Å². The van der Waals surface area contributed by atoms with Crippen molar-refractivity contribution in [3.63, 3.8) is 0 Å². The number of aromatic nitrogens is 1. The van der Waals surface area contributed by atoms with Crippen LogP contribution in [0.15, 0.2) is 53.5 Å². The van der Waals surface area contributed by atoms with Crippen molar-refractivity contribution in [3.8, 4) is 0 Å². The number of hydrogen-bond donors (Lipinski definition) is 3. The number of aliphatic hydroxyl groups is 1. The van der Waals surface area contributed by atoms with E-state index in [4.69, 9.17) is 0 Å². The third-order valence-corrected chi connectivity index (χ3v) is 2.95. The Morgan fingerprint density at radius 2 is 1.95 bits per heavy atom. The van der Waals surface area contributed by atoms with E-state index in [2.05, 4.69) is 10.3 Å². The van der Waals surface area contributed by atoms with Crippen LogP contribution in [0.3, 0.4) is 0 Å². The zero-order chi connectivity index (χ0) is 14.4. The number of aliphatic hydroxyl groups excluding tert-OH is 1. The Morgan fingerprint density at radius 1 is 1.20 bits per heavy atom. The number of carbonyl (C=O) groups excluding carboxylic acids is 1. The molecule has 20 heavy (non-hydrogen) atoms. The summed E-state index contributed by atoms with van der Waals surface area (Å²) in [6, 6.07) is 12.3. The van der Waals surface area contributed by atoms with Gasteiger partial charge in [0, 0.05) is 12.7 Å². The van der Waals surface area contributed by atoms with Gasteiger partial charge in [0.25, 0.3) is 11.5 Å². The Labute approximate surface area is 116 Å². The number of nitrogens with one attached hydrogen (secondary N) is 2. The van der Waals surface area contributed by atoms with E-state index in [1.807, 2.05) is 30.3 Å². The molecule has 0 aliphatic rings. The first-order valence-corrected chi connectivity index (χ1v) is 6.37. The van der Waals surface area contributed by atoms with Gasteiger partial charge in [-0.25, -0.2) is 0 Å². The SMILES string of the molecule is O=C(NCCC(O)c1ccccc1)c1ccc[nH]c1=O. The molecule has 1 aromatic carbocycles. The summed E-state index contributed by atoms with van der Waals surface area (Å²) >= 11 is 0. The third-order valence-electron chi connectivity index (χ3n) is 2.95. The van der Waals surface area contributed by atoms with Gasteiger partial charge >= 0.3 is 0 Å². The van der Waals surface area contributed by atoms with Gasteiger partial charge in [0.05, 0.1) is 6.10 Å². The topological polar surface area (TPSA) is 82.2 Å². The van der Waals surface area contributed by atoms with Gasteiger partial charge in [0.2, 0.25) is 0 Å². The maximum Gasteiger partial charge on any atom is 0.260 e. The summed E-state index contributed by atoms with van der Waals surface area (Å²) in [6.45, 7) is 0.295. The molecule has 2 rings (SSSR count). The lowest BCUT2D eigenvalue weighted by atomic mass is 10.1. The molecule has 0 aliphatic carbocycles. The quantitative estimate of drug-likeness (QED) is 0.765. The van der Waals surface area contributed by atoms with Crippen molar-refractivity contribution in [2.24, 2.45) is 0 Å². The monoisotopic (exact) mass is 272 g/mol. The highest BCUT2D eigenvalue weighted by Crippen LogP contribution is 2.14. The molecule has 5 heteroatoms. The first kappa shape index (κ1) is 14.0. The van der Waals surface area contributed by atoms with Crippen molar-refractivity contribution in [1.29, 1.82) is 0 Å². The van der Waals surface area contributed by atoms with E-state index in [-0.39, 0.29) is 5.56 Å². The average Bonchev–Trinajstić information content (AvgIpc) is 2.48. The van der Waals surface area contributed by atoms with Crippen molar-refractivity contribution in [3.05, 3.63) is 70.1 Å². The van der Waals surface area contributed by atoms with Gasteiger partial charge in [-0.1, -0.05) is 30.3 Å². The Morgan fingerprint density at radius 3 is 2.65 bits per heavy atom. The van der Waals surface area contributed by atoms with E-state index in [1.165, 1.54) is 12.3 Å². The smallest absolute Gasteiger partial charge is 0.260 e. The lowest BCUT2D eigenvalue weighted by molar-refractivity contribution is 0.0941. The van der Waals surface area contributed by atoms with Crippen molar-refractivity contribution in [2.45, 2.75) is 12.5 Å². The van der Waals surface area contributed by atoms with Crippen LogP contribution >= 0.6 is 0 Å². The molecule has 0 aliphatic heterocycles. The molecule has 0 bridgehead atoms. The fraction of sp³-hybridized carbons (Fsp3) is 0.200. The van der Waals surface area contributed by atoms with Gasteiger partial charge in [-0.2, -0.15) is 0 Å². The van der Waals surface area contributed by atoms with Crippen molar-refractivity contribution in [1.82, 2.24) is 10.3 Å². The van der Waals surface area contributed by atoms with Gasteiger partial charge < -0.3 is 15.4 Å². The van der Waals surface area contributed by atoms with E-state index in [9.17, 15) is 14.7 Å². The summed E-state index contributed by atoms with van der Waals surface area (Å²) in [5.41, 5.74) is 0.453. The molecule has 2 aromatic rings. The second kappa shape index (κ2) is 6.68. The zero-order valence-electron chi connectivity index (χ0n) is 10.9. The standard InChI is InChI=1S/C15H16N2O3/c18-13(11-5-2-1-3-6-11)8-10-17-15(20)12-7-4-9-16-14(12)19/h1-7,9,13,18H,8,10H2,(H,16,19)(H,17,20). The average molecular weight is 272 g/mol. The lowest BCUT2D eigenvalue weighted by Gasteiger charge is -2.11. The van der Waals surface area contributed by atoms with Crippen LogP contribution in [0.1, 0.15) is 28.4 Å². The van der Waals surface area contributed by atoms with Gasteiger partial charge in [0.15, 0.2) is 0 Å². The minimum absolute atomic E-state index is 0.0710. The van der Waals surface area contributed by atoms with Crippen LogP contribution in [0.5, 0.6) is 0 Å². The van der Waals surface area contributed by atoms with E-state index in [0.29, 0.717) is 13.0 Å². The summed E-state index contributed by atoms with van der Waals surface area (Å²) in [5.74, 6) is -0.438. The van der Waals surface area contributed by atoms with Crippen molar-refractivity contribution < 1.29 is 9.90 Å². The van der Waals surface area contributed by atoms with Crippen molar-refractivity contribution in [2.75, 3.05) is 6.54 Å². The predicted octanol–water partition coefficient (Wildman–Crippen LogP) is 1.23. The van der Waals surface area contributed by atoms with Crippen LogP contribution in [0, 0.1) is 0 Å². The highest BCUT2D eigenvalue weighted by atomic mass is 16.3. The maximum absolute atomic E-state index is 11.8. The minimum atomic E-state index is -0.634. The Balaban J connectivity index is 1.86. The summed E-state index contributed by atoms with van der Waals surface area (Å²) in [7, 11) is 0. The molecular formula is C15H16N2O3. The van der Waals surface area contributed by atoms with Crippen LogP contribution < -0.4 is 10.9 Å². The van der Waals surface area contributed by atoms with E-state index >= 15 is 0 Å². The van der Waals surface area contributed by atoms with Crippen LogP contribution in [-0.4, -0.2) is 22.5 Å². The van der Waals surface area contributed by atoms with Gasteiger partial charge in [-0.15, -0.1) is 0 Å². The first-order chi connectivity index (χ1) is 9.68. The summed E-state index contributed by atoms with van der Waals surface area (Å²) in [4.78, 5) is 25.6. The molecule has 3 N–H and O–H groups in total. The number of aromatic amines is 1. The molecule has 0 saturated heterocycles. The van der Waals surface area contributed by atoms with Gasteiger partial charge in [0.1, 0.15) is 5.56 Å². The number of carbonyl (C=O) groups is 1. The number of H-pyrrole nitrogens is 1. The number of pyridine rings is 1. The third kappa shape index (κ3) is 3.55. The highest BCUT2D eigenvalue weighted by Gasteiger charge is 2.11. The van der Waals surface area contributed by atoms with Crippen molar-refractivity contribution >= 4 is 5.91 Å². The molecule has 0 spiro atoms. The molecular weight excluding hydrogens is 256 g/mol. The summed E-state index contributed by atoms with van der Waals surface area (Å²) in [6.07, 6.45) is 1.23. The van der Waals surface area contributed by atoms with E-state index in [1.54, 1.807) is 6.07 Å². The second-order valence-electron chi connectivity index (χ2n) is 4.38. The fourth-order valence-electron chi connectivity index (χ4n) is 1.86. The second-order valence-corrected chi connectivity index (χ2v) is 4.38. The number of rotatable bonds is 5. The molecule has 5 nitrogen and oxygen atoms in total. The first-order valence-electron chi connectivity index (χ1n) is 6.37. The summed E-state index contributed by atoms with van der Waals surface area (Å²) in [5, 5.41) is 12.6. The zero-order valence-corrected chi connectivity index (χ0v) is 10.9. The van der Waals surface area contributed by atoms with Crippen LogP contribution in [0.25, 0.3) is 0 Å². The molecule has 1 unspecified atom stereocenters. The van der Waals surface area contributed by atoms with Crippen LogP contribution in [-0.2, 0) is 0 Å². The fourth-order valence-corrected chi connectivity index (χ4v) is 1.86. The number of benzene rings is 1. The molecule has 1 atom stereocenters. The maximum atomic E-state index is 11.8.